The van der Waals surface area contributed by atoms with Crippen molar-refractivity contribution in [3.8, 4) is 11.4 Å². The fraction of sp³-hybridized carbons (Fsp3) is 0.449. The largest absolute Gasteiger partial charge is 0.458 e. The van der Waals surface area contributed by atoms with E-state index in [1.807, 2.05) is 0 Å². The van der Waals surface area contributed by atoms with Crippen LogP contribution in [-0.4, -0.2) is 94.1 Å². The number of amides is 6. The van der Waals surface area contributed by atoms with Gasteiger partial charge < -0.3 is 51.0 Å². The fourth-order valence-electron chi connectivity index (χ4n) is 8.97. The van der Waals surface area contributed by atoms with Crippen molar-refractivity contribution in [2.75, 3.05) is 26.2 Å². The number of halogens is 1. The zero-order valence-electron chi connectivity index (χ0n) is 39.2. The summed E-state index contributed by atoms with van der Waals surface area (Å²) in [5.74, 6) is -3.99. The van der Waals surface area contributed by atoms with Gasteiger partial charge in [-0.05, 0) is 88.1 Å². The Morgan fingerprint density at radius 3 is 2.36 bits per heavy atom. The van der Waals surface area contributed by atoms with Gasteiger partial charge in [0, 0.05) is 42.0 Å². The highest BCUT2D eigenvalue weighted by atomic mass is 19.1. The van der Waals surface area contributed by atoms with Crippen molar-refractivity contribution in [2.45, 2.75) is 116 Å². The van der Waals surface area contributed by atoms with Gasteiger partial charge in [-0.3, -0.25) is 28.8 Å². The maximum absolute atomic E-state index is 15.3. The van der Waals surface area contributed by atoms with Crippen molar-refractivity contribution in [3.63, 3.8) is 0 Å². The highest BCUT2D eigenvalue weighted by Crippen LogP contribution is 2.46. The second-order valence-electron chi connectivity index (χ2n) is 18.4. The molecular weight excluding hydrogens is 896 g/mol. The molecule has 69 heavy (non-hydrogen) atoms. The number of alkyl carbamates (subject to hydrolysis) is 1. The number of aromatic nitrogens is 2. The maximum atomic E-state index is 15.3. The number of rotatable bonds is 17. The van der Waals surface area contributed by atoms with Crippen LogP contribution < -0.4 is 37.5 Å². The first kappa shape index (κ1) is 49.7. The minimum absolute atomic E-state index is 0.0249. The van der Waals surface area contributed by atoms with E-state index in [2.05, 4.69) is 31.9 Å². The first-order valence-electron chi connectivity index (χ1n) is 23.0. The summed E-state index contributed by atoms with van der Waals surface area (Å²) in [6, 6.07) is 10.2. The van der Waals surface area contributed by atoms with E-state index >= 15 is 4.39 Å². The van der Waals surface area contributed by atoms with Crippen molar-refractivity contribution < 1.29 is 52.5 Å². The van der Waals surface area contributed by atoms with Gasteiger partial charge in [0.2, 0.25) is 29.5 Å². The van der Waals surface area contributed by atoms with Gasteiger partial charge in [0.1, 0.15) is 30.6 Å². The Labute approximate surface area is 396 Å². The SMILES string of the molecule is CC[C@@]1(O)C(=O)OCc2c1cc1n(c2=O)Cc2c-1nc1cc(F)c(C)c3c1c2[C@@H](NC(=O)CCCCNC(=O)CNC(=O)C(Cc1ccccc1)NC(=O)CNC(=O)CNC(=O)OC(C)(C)C)CC3. The number of cyclic esters (lactones) is 1. The summed E-state index contributed by atoms with van der Waals surface area (Å²) in [5.41, 5.74) is 1.66. The minimum atomic E-state index is -2.02. The van der Waals surface area contributed by atoms with E-state index in [4.69, 9.17) is 14.5 Å². The Hall–Kier alpha value is -7.22. The van der Waals surface area contributed by atoms with Gasteiger partial charge >= 0.3 is 12.1 Å². The topological polar surface area (TPSA) is 265 Å². The molecule has 2 aromatic heterocycles. The van der Waals surface area contributed by atoms with Gasteiger partial charge in [-0.1, -0.05) is 37.3 Å². The number of hydrogen-bond acceptors (Lipinski definition) is 12. The van der Waals surface area contributed by atoms with Crippen LogP contribution in [0.15, 0.2) is 47.3 Å². The predicted molar refractivity (Wildman–Crippen MR) is 248 cm³/mol. The third kappa shape index (κ3) is 11.1. The highest BCUT2D eigenvalue weighted by Gasteiger charge is 2.46. The number of hydrogen-bond donors (Lipinski definition) is 7. The smallest absolute Gasteiger partial charge is 0.408 e. The summed E-state index contributed by atoms with van der Waals surface area (Å²) in [5, 5.41) is 27.8. The van der Waals surface area contributed by atoms with E-state index in [1.165, 1.54) is 10.6 Å². The van der Waals surface area contributed by atoms with E-state index in [-0.39, 0.29) is 56.0 Å². The predicted octanol–water partition coefficient (Wildman–Crippen LogP) is 2.40. The quantitative estimate of drug-likeness (QED) is 0.0524. The second kappa shape index (κ2) is 20.6. The molecule has 6 amide bonds. The number of carbonyl (C=O) groups excluding carboxylic acids is 7. The molecule has 3 atom stereocenters. The van der Waals surface area contributed by atoms with E-state index in [9.17, 15) is 43.5 Å². The summed E-state index contributed by atoms with van der Waals surface area (Å²) in [4.78, 5) is 108. The van der Waals surface area contributed by atoms with Crippen LogP contribution in [0.25, 0.3) is 22.3 Å². The molecule has 20 heteroatoms. The molecule has 1 unspecified atom stereocenters. The van der Waals surface area contributed by atoms with Gasteiger partial charge in [-0.25, -0.2) is 19.0 Å². The number of pyridine rings is 2. The van der Waals surface area contributed by atoms with Crippen LogP contribution in [0, 0.1) is 12.7 Å². The summed E-state index contributed by atoms with van der Waals surface area (Å²) >= 11 is 0. The number of carbonyl (C=O) groups is 7. The lowest BCUT2D eigenvalue weighted by atomic mass is 9.81. The molecule has 0 saturated carbocycles. The molecule has 0 radical (unpaired) electrons. The number of benzene rings is 2. The number of ether oxygens (including phenoxy) is 2. The van der Waals surface area contributed by atoms with Crippen LogP contribution in [0.2, 0.25) is 0 Å². The number of unbranched alkanes of at least 4 members (excludes halogenated alkanes) is 1. The molecule has 4 aromatic rings. The van der Waals surface area contributed by atoms with Crippen LogP contribution >= 0.6 is 0 Å². The lowest BCUT2D eigenvalue weighted by Crippen LogP contribution is -2.52. The molecule has 0 bridgehead atoms. The number of aryl methyl sites for hydroxylation is 1. The van der Waals surface area contributed by atoms with Crippen molar-refractivity contribution >= 4 is 52.5 Å². The van der Waals surface area contributed by atoms with Gasteiger partial charge in [0.05, 0.1) is 48.1 Å². The van der Waals surface area contributed by atoms with E-state index in [0.29, 0.717) is 53.7 Å². The molecular formula is C49H57FN8O11. The third-order valence-corrected chi connectivity index (χ3v) is 12.5. The first-order chi connectivity index (χ1) is 32.8. The van der Waals surface area contributed by atoms with Gasteiger partial charge in [0.25, 0.3) is 5.56 Å². The molecule has 7 rings (SSSR count). The summed E-state index contributed by atoms with van der Waals surface area (Å²) < 4.78 is 27.2. The fourth-order valence-corrected chi connectivity index (χ4v) is 8.97. The van der Waals surface area contributed by atoms with Crippen LogP contribution in [-0.2, 0) is 69.8 Å². The van der Waals surface area contributed by atoms with Crippen LogP contribution in [0.3, 0.4) is 0 Å². The monoisotopic (exact) mass is 952 g/mol. The molecule has 0 fully saturated rings. The zero-order valence-corrected chi connectivity index (χ0v) is 39.2. The standard InChI is InChI=1S/C49H57FN8O11/c1-6-49(67)31-19-36-43-29(24-58(36)45(64)30(31)25-68-46(49)65)42-33(16-15-28-26(2)32(50)20-34(57-43)41(28)42)55-37(59)14-10-11-17-51-38(60)21-53-44(63)35(18-27-12-8-7-9-13-27)56-40(62)23-52-39(61)22-54-47(66)69-48(3,4)5/h7-9,12-13,19-20,33,35,67H,6,10-11,14-18,21-25H2,1-5H3,(H,51,60)(H,52,61)(H,53,63)(H,54,66)(H,55,59)(H,56,62)/t33-,35?,49-/m0/s1. The third-order valence-electron chi connectivity index (χ3n) is 12.5. The summed E-state index contributed by atoms with van der Waals surface area (Å²) in [6.45, 7) is 7.04. The number of aliphatic hydroxyl groups is 1. The number of nitrogens with one attached hydrogen (secondary N) is 6. The van der Waals surface area contributed by atoms with Crippen molar-refractivity contribution in [3.05, 3.63) is 97.6 Å². The molecule has 0 saturated heterocycles. The Balaban J connectivity index is 0.921. The normalized spacial score (nSPS) is 17.0. The molecule has 7 N–H and O–H groups in total. The average Bonchev–Trinajstić information content (AvgIpc) is 3.68. The van der Waals surface area contributed by atoms with Crippen molar-refractivity contribution in [1.29, 1.82) is 0 Å². The Kier molecular flexibility index (Phi) is 14.8. The molecule has 366 valence electrons. The Morgan fingerprint density at radius 2 is 1.64 bits per heavy atom. The first-order valence-corrected chi connectivity index (χ1v) is 23.0. The molecule has 3 aliphatic rings. The average molecular weight is 953 g/mol. The van der Waals surface area contributed by atoms with E-state index in [1.54, 1.807) is 71.0 Å². The van der Waals surface area contributed by atoms with E-state index < -0.39 is 90.0 Å². The molecule has 2 aliphatic heterocycles. The van der Waals surface area contributed by atoms with Crippen LogP contribution in [0.5, 0.6) is 0 Å². The van der Waals surface area contributed by atoms with Gasteiger partial charge in [0.15, 0.2) is 5.60 Å². The van der Waals surface area contributed by atoms with Crippen molar-refractivity contribution in [2.24, 2.45) is 0 Å². The summed E-state index contributed by atoms with van der Waals surface area (Å²) in [7, 11) is 0. The molecule has 0 spiro atoms. The lowest BCUT2D eigenvalue weighted by Gasteiger charge is -2.31. The van der Waals surface area contributed by atoms with E-state index in [0.717, 1.165) is 22.1 Å². The molecule has 4 heterocycles. The molecule has 2 aromatic carbocycles. The molecule has 1 aliphatic carbocycles. The van der Waals surface area contributed by atoms with Crippen LogP contribution in [0.4, 0.5) is 9.18 Å². The lowest BCUT2D eigenvalue weighted by molar-refractivity contribution is -0.172. The summed E-state index contributed by atoms with van der Waals surface area (Å²) in [6.07, 6.45) is 1.15. The van der Waals surface area contributed by atoms with Crippen molar-refractivity contribution in [1.82, 2.24) is 41.5 Å². The Bertz CT molecular complexity index is 2790. The molecule has 19 nitrogen and oxygen atoms in total. The number of nitrogens with zero attached hydrogens (tertiary/aromatic N) is 2. The number of fused-ring (bicyclic) bond motifs is 5. The minimum Gasteiger partial charge on any atom is -0.458 e. The Morgan fingerprint density at radius 1 is 0.928 bits per heavy atom. The maximum Gasteiger partial charge on any atom is 0.408 e. The van der Waals surface area contributed by atoms with Gasteiger partial charge in [-0.2, -0.15) is 0 Å². The number of esters is 1. The zero-order chi connectivity index (χ0) is 49.8. The van der Waals surface area contributed by atoms with Crippen LogP contribution in [0.1, 0.15) is 105 Å². The second-order valence-corrected chi connectivity index (χ2v) is 18.4. The van der Waals surface area contributed by atoms with Gasteiger partial charge in [-0.15, -0.1) is 0 Å². The highest BCUT2D eigenvalue weighted by molar-refractivity contribution is 5.95.